The van der Waals surface area contributed by atoms with Gasteiger partial charge in [0.05, 0.1) is 0 Å². The molecule has 28 heavy (non-hydrogen) atoms. The van der Waals surface area contributed by atoms with E-state index in [9.17, 15) is 4.79 Å². The maximum atomic E-state index is 12.6. The molecule has 2 amide bonds. The minimum absolute atomic E-state index is 0.0861. The summed E-state index contributed by atoms with van der Waals surface area (Å²) in [5.41, 5.74) is 1.38. The molecule has 0 bridgehead atoms. The van der Waals surface area contributed by atoms with Gasteiger partial charge in [-0.25, -0.2) is 9.78 Å². The molecule has 2 saturated heterocycles. The summed E-state index contributed by atoms with van der Waals surface area (Å²) in [4.78, 5) is 24.7. The molecule has 0 saturated carbocycles. The number of nitrogens with one attached hydrogen (secondary N) is 2. The number of urea groups is 1. The summed E-state index contributed by atoms with van der Waals surface area (Å²) in [6.45, 7) is 5.65. The highest BCUT2D eigenvalue weighted by molar-refractivity contribution is 5.74. The van der Waals surface area contributed by atoms with Crippen LogP contribution in [-0.4, -0.2) is 58.5 Å². The molecule has 0 spiro atoms. The van der Waals surface area contributed by atoms with Crippen LogP contribution in [0.3, 0.4) is 0 Å². The van der Waals surface area contributed by atoms with E-state index in [-0.39, 0.29) is 6.03 Å². The number of amides is 2. The number of carbonyl (C=O) groups excluding carboxylic acids is 1. The zero-order valence-electron chi connectivity index (χ0n) is 16.5. The molecule has 0 radical (unpaired) electrons. The molecule has 2 aliphatic rings. The summed E-state index contributed by atoms with van der Waals surface area (Å²) in [6.07, 6.45) is 8.09. The molecule has 1 aromatic carbocycles. The molecule has 0 aliphatic carbocycles. The van der Waals surface area contributed by atoms with Crippen LogP contribution < -0.4 is 5.32 Å². The molecule has 1 aromatic heterocycles. The Balaban J connectivity index is 1.18. The fourth-order valence-electron chi connectivity index (χ4n) is 4.42. The second-order valence-corrected chi connectivity index (χ2v) is 8.15. The van der Waals surface area contributed by atoms with Crippen LogP contribution in [0.15, 0.2) is 42.7 Å². The molecule has 6 nitrogen and oxygen atoms in total. The number of hydrogen-bond donors (Lipinski definition) is 2. The number of carbonyl (C=O) groups is 1. The van der Waals surface area contributed by atoms with Crippen molar-refractivity contribution in [2.24, 2.45) is 5.92 Å². The molecule has 4 rings (SSSR count). The lowest BCUT2D eigenvalue weighted by Crippen LogP contribution is -2.47. The normalized spacial score (nSPS) is 21.6. The van der Waals surface area contributed by atoms with Crippen molar-refractivity contribution in [1.29, 1.82) is 0 Å². The smallest absolute Gasteiger partial charge is 0.317 e. The van der Waals surface area contributed by atoms with E-state index in [0.717, 1.165) is 70.8 Å². The van der Waals surface area contributed by atoms with Gasteiger partial charge in [-0.05, 0) is 50.3 Å². The molecule has 150 valence electrons. The predicted molar refractivity (Wildman–Crippen MR) is 110 cm³/mol. The number of nitrogens with zero attached hydrogens (tertiary/aromatic N) is 3. The lowest BCUT2D eigenvalue weighted by Gasteiger charge is -2.34. The van der Waals surface area contributed by atoms with E-state index in [0.29, 0.717) is 11.8 Å². The minimum atomic E-state index is 0.0861. The highest BCUT2D eigenvalue weighted by Gasteiger charge is 2.27. The van der Waals surface area contributed by atoms with Crippen LogP contribution in [0.2, 0.25) is 0 Å². The van der Waals surface area contributed by atoms with Crippen LogP contribution in [0.1, 0.15) is 43.0 Å². The van der Waals surface area contributed by atoms with Gasteiger partial charge in [-0.1, -0.05) is 30.3 Å². The summed E-state index contributed by atoms with van der Waals surface area (Å²) in [5.74, 6) is 1.92. The number of hydrogen-bond acceptors (Lipinski definition) is 3. The van der Waals surface area contributed by atoms with Crippen LogP contribution in [0.25, 0.3) is 0 Å². The van der Waals surface area contributed by atoms with E-state index in [2.05, 4.69) is 50.5 Å². The number of rotatable bonds is 5. The molecular weight excluding hydrogens is 350 g/mol. The number of aromatic amines is 1. The summed E-state index contributed by atoms with van der Waals surface area (Å²) in [5, 5.41) is 3.19. The molecule has 2 N–H and O–H groups in total. The third-order valence-electron chi connectivity index (χ3n) is 6.11. The van der Waals surface area contributed by atoms with E-state index in [1.165, 1.54) is 5.56 Å². The number of aromatic nitrogens is 2. The first-order chi connectivity index (χ1) is 13.8. The van der Waals surface area contributed by atoms with Crippen LogP contribution in [-0.2, 0) is 6.54 Å². The molecule has 6 heteroatoms. The summed E-state index contributed by atoms with van der Waals surface area (Å²) in [7, 11) is 0. The second kappa shape index (κ2) is 9.24. The first kappa shape index (κ1) is 19.0. The van der Waals surface area contributed by atoms with Gasteiger partial charge in [0.1, 0.15) is 5.82 Å². The number of likely N-dealkylation sites (tertiary alicyclic amines) is 2. The zero-order valence-corrected chi connectivity index (χ0v) is 16.5. The Morgan fingerprint density at radius 2 is 1.96 bits per heavy atom. The van der Waals surface area contributed by atoms with E-state index < -0.39 is 0 Å². The van der Waals surface area contributed by atoms with Crippen molar-refractivity contribution < 1.29 is 4.79 Å². The van der Waals surface area contributed by atoms with Gasteiger partial charge in [0, 0.05) is 44.5 Å². The minimum Gasteiger partial charge on any atom is -0.348 e. The van der Waals surface area contributed by atoms with Crippen LogP contribution in [0, 0.1) is 5.92 Å². The number of imidazole rings is 1. The van der Waals surface area contributed by atoms with Gasteiger partial charge >= 0.3 is 6.03 Å². The topological polar surface area (TPSA) is 64.3 Å². The summed E-state index contributed by atoms with van der Waals surface area (Å²) >= 11 is 0. The molecule has 3 heterocycles. The quantitative estimate of drug-likeness (QED) is 0.836. The lowest BCUT2D eigenvalue weighted by atomic mass is 9.96. The maximum absolute atomic E-state index is 12.6. The Hall–Kier alpha value is -2.34. The Kier molecular flexibility index (Phi) is 6.27. The predicted octanol–water partition coefficient (Wildman–Crippen LogP) is 3.21. The van der Waals surface area contributed by atoms with Crippen molar-refractivity contribution in [3.05, 3.63) is 54.1 Å². The molecule has 0 unspecified atom stereocenters. The highest BCUT2D eigenvalue weighted by Crippen LogP contribution is 2.24. The standard InChI is InChI=1S/C22H31N5O/c28-22(27-12-4-7-20(17-27)21-23-10-11-24-21)25-15-18-8-13-26(14-9-18)16-19-5-2-1-3-6-19/h1-3,5-6,10-11,18,20H,4,7-9,12-17H2,(H,23,24)(H,25,28)/t20-/m0/s1. The van der Waals surface area contributed by atoms with Gasteiger partial charge in [-0.2, -0.15) is 0 Å². The molecule has 2 fully saturated rings. The van der Waals surface area contributed by atoms with Gasteiger partial charge in [0.25, 0.3) is 0 Å². The van der Waals surface area contributed by atoms with Gasteiger partial charge < -0.3 is 15.2 Å². The van der Waals surface area contributed by atoms with Crippen molar-refractivity contribution in [2.45, 2.75) is 38.1 Å². The number of benzene rings is 1. The Morgan fingerprint density at radius 1 is 1.14 bits per heavy atom. The molecular formula is C22H31N5O. The Bertz CT molecular complexity index is 725. The van der Waals surface area contributed by atoms with Crippen molar-refractivity contribution >= 4 is 6.03 Å². The summed E-state index contributed by atoms with van der Waals surface area (Å²) < 4.78 is 0. The largest absolute Gasteiger partial charge is 0.348 e. The average Bonchev–Trinajstić information content (AvgIpc) is 3.29. The third kappa shape index (κ3) is 4.93. The number of piperidine rings is 2. The Labute approximate surface area is 167 Å². The SMILES string of the molecule is O=C(NCC1CCN(Cc2ccccc2)CC1)N1CCC[C@H](c2ncc[nH]2)C1. The fraction of sp³-hybridized carbons (Fsp3) is 0.545. The maximum Gasteiger partial charge on any atom is 0.317 e. The zero-order chi connectivity index (χ0) is 19.2. The van der Waals surface area contributed by atoms with Crippen LogP contribution in [0.4, 0.5) is 4.79 Å². The molecule has 2 aromatic rings. The van der Waals surface area contributed by atoms with Crippen LogP contribution >= 0.6 is 0 Å². The second-order valence-electron chi connectivity index (χ2n) is 8.15. The van der Waals surface area contributed by atoms with Crippen molar-refractivity contribution in [3.8, 4) is 0 Å². The molecule has 1 atom stereocenters. The van der Waals surface area contributed by atoms with E-state index in [1.807, 2.05) is 11.1 Å². The van der Waals surface area contributed by atoms with E-state index in [4.69, 9.17) is 0 Å². The average molecular weight is 382 g/mol. The van der Waals surface area contributed by atoms with Gasteiger partial charge in [-0.15, -0.1) is 0 Å². The monoisotopic (exact) mass is 381 g/mol. The van der Waals surface area contributed by atoms with Crippen molar-refractivity contribution in [2.75, 3.05) is 32.7 Å². The van der Waals surface area contributed by atoms with Crippen molar-refractivity contribution in [1.82, 2.24) is 25.1 Å². The van der Waals surface area contributed by atoms with Gasteiger partial charge in [-0.3, -0.25) is 4.90 Å². The number of H-pyrrole nitrogens is 1. The highest BCUT2D eigenvalue weighted by atomic mass is 16.2. The third-order valence-corrected chi connectivity index (χ3v) is 6.11. The lowest BCUT2D eigenvalue weighted by molar-refractivity contribution is 0.161. The van der Waals surface area contributed by atoms with Gasteiger partial charge in [0.2, 0.25) is 0 Å². The van der Waals surface area contributed by atoms with Crippen LogP contribution in [0.5, 0.6) is 0 Å². The molecule has 2 aliphatic heterocycles. The van der Waals surface area contributed by atoms with E-state index in [1.54, 1.807) is 6.20 Å². The van der Waals surface area contributed by atoms with E-state index >= 15 is 0 Å². The van der Waals surface area contributed by atoms with Gasteiger partial charge in [0.15, 0.2) is 0 Å². The summed E-state index contributed by atoms with van der Waals surface area (Å²) in [6, 6.07) is 10.8. The first-order valence-corrected chi connectivity index (χ1v) is 10.6. The fourth-order valence-corrected chi connectivity index (χ4v) is 4.42. The first-order valence-electron chi connectivity index (χ1n) is 10.6. The Morgan fingerprint density at radius 3 is 2.71 bits per heavy atom. The van der Waals surface area contributed by atoms with Crippen molar-refractivity contribution in [3.63, 3.8) is 0 Å².